The van der Waals surface area contributed by atoms with Crippen LogP contribution in [-0.2, 0) is 24.1 Å². The lowest BCUT2D eigenvalue weighted by Gasteiger charge is -2.05. The summed E-state index contributed by atoms with van der Waals surface area (Å²) in [6.07, 6.45) is 5.69. The Labute approximate surface area is 110 Å². The van der Waals surface area contributed by atoms with Crippen LogP contribution in [-0.4, -0.2) is 10.9 Å². The van der Waals surface area contributed by atoms with Crippen molar-refractivity contribution in [3.05, 3.63) is 46.5 Å². The zero-order valence-electron chi connectivity index (χ0n) is 9.98. The second kappa shape index (κ2) is 4.90. The Balaban J connectivity index is 1.67. The van der Waals surface area contributed by atoms with Crippen LogP contribution in [0.25, 0.3) is 0 Å². The monoisotopic (exact) mass is 258 g/mol. The van der Waals surface area contributed by atoms with Crippen molar-refractivity contribution in [3.63, 3.8) is 0 Å². The number of thiazole rings is 1. The Hall–Kier alpha value is -1.68. The third-order valence-electron chi connectivity index (χ3n) is 3.21. The lowest BCUT2D eigenvalue weighted by molar-refractivity contribution is -0.115. The molecule has 1 N–H and O–H groups in total. The second-order valence-corrected chi connectivity index (χ2v) is 5.41. The van der Waals surface area contributed by atoms with E-state index in [0.717, 1.165) is 12.0 Å². The average molecular weight is 258 g/mol. The number of hydrogen-bond donors (Lipinski definition) is 1. The van der Waals surface area contributed by atoms with Gasteiger partial charge in [0.15, 0.2) is 5.13 Å². The normalized spacial score (nSPS) is 13.3. The van der Waals surface area contributed by atoms with Gasteiger partial charge in [0.2, 0.25) is 5.91 Å². The number of rotatable bonds is 3. The third-order valence-corrected chi connectivity index (χ3v) is 3.89. The molecule has 4 heteroatoms. The zero-order chi connectivity index (χ0) is 12.4. The molecule has 0 atom stereocenters. The summed E-state index contributed by atoms with van der Waals surface area (Å²) in [5, 5.41) is 5.33. The Kier molecular flexibility index (Phi) is 3.11. The number of hydrogen-bond acceptors (Lipinski definition) is 3. The summed E-state index contributed by atoms with van der Waals surface area (Å²) >= 11 is 1.44. The first-order valence-corrected chi connectivity index (χ1v) is 6.99. The van der Waals surface area contributed by atoms with Gasteiger partial charge in [-0.2, -0.15) is 0 Å². The van der Waals surface area contributed by atoms with Gasteiger partial charge in [-0.3, -0.25) is 4.79 Å². The lowest BCUT2D eigenvalue weighted by atomic mass is 10.0. The standard InChI is InChI=1S/C14H14N2OS/c17-13(16-14-15-6-7-18-14)9-10-4-5-11-2-1-3-12(11)8-10/h4-8H,1-3,9H2,(H,15,16,17). The maximum atomic E-state index is 11.8. The summed E-state index contributed by atoms with van der Waals surface area (Å²) in [4.78, 5) is 15.9. The van der Waals surface area contributed by atoms with Gasteiger partial charge in [-0.25, -0.2) is 4.98 Å². The number of anilines is 1. The van der Waals surface area contributed by atoms with Gasteiger partial charge < -0.3 is 5.32 Å². The molecule has 1 amide bonds. The molecular formula is C14H14N2OS. The highest BCUT2D eigenvalue weighted by Gasteiger charge is 2.12. The maximum absolute atomic E-state index is 11.8. The van der Waals surface area contributed by atoms with Gasteiger partial charge in [-0.1, -0.05) is 18.2 Å². The van der Waals surface area contributed by atoms with Crippen LogP contribution in [0.3, 0.4) is 0 Å². The van der Waals surface area contributed by atoms with Gasteiger partial charge in [-0.05, 0) is 36.0 Å². The molecular weight excluding hydrogens is 244 g/mol. The molecule has 2 aromatic rings. The minimum Gasteiger partial charge on any atom is -0.302 e. The van der Waals surface area contributed by atoms with E-state index in [-0.39, 0.29) is 5.91 Å². The summed E-state index contributed by atoms with van der Waals surface area (Å²) in [7, 11) is 0. The van der Waals surface area contributed by atoms with E-state index in [1.54, 1.807) is 6.20 Å². The summed E-state index contributed by atoms with van der Waals surface area (Å²) in [5.41, 5.74) is 3.94. The Bertz CT molecular complexity index is 563. The fourth-order valence-electron chi connectivity index (χ4n) is 2.37. The van der Waals surface area contributed by atoms with E-state index >= 15 is 0 Å². The van der Waals surface area contributed by atoms with Crippen LogP contribution in [0, 0.1) is 0 Å². The number of nitrogens with one attached hydrogen (secondary N) is 1. The molecule has 0 radical (unpaired) electrons. The highest BCUT2D eigenvalue weighted by molar-refractivity contribution is 7.13. The number of aromatic nitrogens is 1. The zero-order valence-corrected chi connectivity index (χ0v) is 10.8. The SMILES string of the molecule is O=C(Cc1ccc2c(c1)CCC2)Nc1nccs1. The molecule has 3 rings (SSSR count). The molecule has 1 aromatic carbocycles. The molecule has 92 valence electrons. The van der Waals surface area contributed by atoms with E-state index in [2.05, 4.69) is 28.5 Å². The minimum absolute atomic E-state index is 0.00268. The number of carbonyl (C=O) groups is 1. The molecule has 0 aliphatic heterocycles. The smallest absolute Gasteiger partial charge is 0.230 e. The molecule has 0 fully saturated rings. The molecule has 1 heterocycles. The molecule has 1 aliphatic carbocycles. The number of fused-ring (bicyclic) bond motifs is 1. The number of nitrogens with zero attached hydrogens (tertiary/aromatic N) is 1. The van der Waals surface area contributed by atoms with Crippen LogP contribution in [0.5, 0.6) is 0 Å². The highest BCUT2D eigenvalue weighted by Crippen LogP contribution is 2.23. The Morgan fingerprint density at radius 2 is 2.22 bits per heavy atom. The molecule has 1 aliphatic rings. The van der Waals surface area contributed by atoms with Gasteiger partial charge in [0.05, 0.1) is 6.42 Å². The largest absolute Gasteiger partial charge is 0.302 e. The molecule has 0 saturated heterocycles. The van der Waals surface area contributed by atoms with Gasteiger partial charge in [0.25, 0.3) is 0 Å². The van der Waals surface area contributed by atoms with Crippen molar-refractivity contribution in [3.8, 4) is 0 Å². The van der Waals surface area contributed by atoms with E-state index < -0.39 is 0 Å². The molecule has 0 saturated carbocycles. The first-order valence-electron chi connectivity index (χ1n) is 6.11. The number of carbonyl (C=O) groups excluding carboxylic acids is 1. The third kappa shape index (κ3) is 2.43. The number of aryl methyl sites for hydroxylation is 2. The Morgan fingerprint density at radius 1 is 1.33 bits per heavy atom. The van der Waals surface area contributed by atoms with E-state index in [0.29, 0.717) is 11.6 Å². The number of benzene rings is 1. The van der Waals surface area contributed by atoms with Crippen LogP contribution in [0.15, 0.2) is 29.8 Å². The Morgan fingerprint density at radius 3 is 3.06 bits per heavy atom. The molecule has 0 unspecified atom stereocenters. The number of amides is 1. The molecule has 0 bridgehead atoms. The van der Waals surface area contributed by atoms with Crippen molar-refractivity contribution in [1.29, 1.82) is 0 Å². The van der Waals surface area contributed by atoms with E-state index in [1.165, 1.54) is 35.3 Å². The van der Waals surface area contributed by atoms with Crippen molar-refractivity contribution in [2.75, 3.05) is 5.32 Å². The average Bonchev–Trinajstić information content (AvgIpc) is 2.98. The van der Waals surface area contributed by atoms with Crippen molar-refractivity contribution < 1.29 is 4.79 Å². The van der Waals surface area contributed by atoms with Crippen LogP contribution < -0.4 is 5.32 Å². The van der Waals surface area contributed by atoms with Crippen molar-refractivity contribution in [2.24, 2.45) is 0 Å². The first kappa shape index (κ1) is 11.4. The molecule has 18 heavy (non-hydrogen) atoms. The fraction of sp³-hybridized carbons (Fsp3) is 0.286. The minimum atomic E-state index is 0.00268. The van der Waals surface area contributed by atoms with E-state index in [4.69, 9.17) is 0 Å². The topological polar surface area (TPSA) is 42.0 Å². The van der Waals surface area contributed by atoms with Gasteiger partial charge in [-0.15, -0.1) is 11.3 Å². The predicted molar refractivity (Wildman–Crippen MR) is 72.9 cm³/mol. The van der Waals surface area contributed by atoms with E-state index in [1.807, 2.05) is 5.38 Å². The summed E-state index contributed by atoms with van der Waals surface area (Å²) < 4.78 is 0. The van der Waals surface area contributed by atoms with Gasteiger partial charge >= 0.3 is 0 Å². The van der Waals surface area contributed by atoms with Gasteiger partial charge in [0, 0.05) is 11.6 Å². The van der Waals surface area contributed by atoms with Crippen LogP contribution in [0.1, 0.15) is 23.1 Å². The first-order chi connectivity index (χ1) is 8.81. The van der Waals surface area contributed by atoms with Crippen molar-refractivity contribution in [2.45, 2.75) is 25.7 Å². The fourth-order valence-corrected chi connectivity index (χ4v) is 2.91. The van der Waals surface area contributed by atoms with Crippen LogP contribution in [0.2, 0.25) is 0 Å². The summed E-state index contributed by atoms with van der Waals surface area (Å²) in [6.45, 7) is 0. The molecule has 1 aromatic heterocycles. The second-order valence-electron chi connectivity index (χ2n) is 4.52. The van der Waals surface area contributed by atoms with E-state index in [9.17, 15) is 4.79 Å². The summed E-state index contributed by atoms with van der Waals surface area (Å²) in [6, 6.07) is 6.39. The van der Waals surface area contributed by atoms with Gasteiger partial charge in [0.1, 0.15) is 0 Å². The van der Waals surface area contributed by atoms with Crippen LogP contribution >= 0.6 is 11.3 Å². The molecule has 3 nitrogen and oxygen atoms in total. The quantitative estimate of drug-likeness (QED) is 0.919. The van der Waals surface area contributed by atoms with Crippen molar-refractivity contribution in [1.82, 2.24) is 4.98 Å². The maximum Gasteiger partial charge on any atom is 0.230 e. The lowest BCUT2D eigenvalue weighted by Crippen LogP contribution is -2.14. The van der Waals surface area contributed by atoms with Crippen LogP contribution in [0.4, 0.5) is 5.13 Å². The summed E-state index contributed by atoms with van der Waals surface area (Å²) in [5.74, 6) is 0.00268. The highest BCUT2D eigenvalue weighted by atomic mass is 32.1. The predicted octanol–water partition coefficient (Wildman–Crippen LogP) is 2.81. The molecule has 0 spiro atoms. The van der Waals surface area contributed by atoms with Crippen molar-refractivity contribution >= 4 is 22.4 Å².